The molecule has 0 heterocycles. The zero-order chi connectivity index (χ0) is 15.7. The van der Waals surface area contributed by atoms with Crippen LogP contribution < -0.4 is 4.74 Å². The predicted molar refractivity (Wildman–Crippen MR) is 85.2 cm³/mol. The molecule has 0 radical (unpaired) electrons. The lowest BCUT2D eigenvalue weighted by Gasteiger charge is -2.19. The molecule has 1 saturated carbocycles. The highest BCUT2D eigenvalue weighted by molar-refractivity contribution is 5.90. The number of carbonyl (C=O) groups is 1. The van der Waals surface area contributed by atoms with E-state index in [4.69, 9.17) is 9.47 Å². The van der Waals surface area contributed by atoms with Gasteiger partial charge in [-0.3, -0.25) is 4.79 Å². The molecular weight excluding hydrogens is 276 g/mol. The Labute approximate surface area is 130 Å². The van der Waals surface area contributed by atoms with E-state index >= 15 is 0 Å². The molecule has 0 N–H and O–H groups in total. The number of esters is 1. The van der Waals surface area contributed by atoms with Crippen molar-refractivity contribution in [2.75, 3.05) is 14.2 Å². The zero-order valence-electron chi connectivity index (χ0n) is 13.1. The number of benzene rings is 2. The van der Waals surface area contributed by atoms with E-state index in [1.165, 1.54) is 7.11 Å². The van der Waals surface area contributed by atoms with Crippen LogP contribution >= 0.6 is 0 Å². The van der Waals surface area contributed by atoms with E-state index < -0.39 is 5.41 Å². The van der Waals surface area contributed by atoms with Crippen LogP contribution in [-0.2, 0) is 14.9 Å². The van der Waals surface area contributed by atoms with Crippen LogP contribution in [0.2, 0.25) is 0 Å². The molecule has 2 aromatic rings. The molecule has 3 heteroatoms. The maximum absolute atomic E-state index is 12.6. The highest BCUT2D eigenvalue weighted by Gasteiger charge is 2.63. The molecule has 3 rings (SSSR count). The Morgan fingerprint density at radius 2 is 1.86 bits per heavy atom. The lowest BCUT2D eigenvalue weighted by molar-refractivity contribution is -0.143. The topological polar surface area (TPSA) is 35.5 Å². The summed E-state index contributed by atoms with van der Waals surface area (Å²) in [5.41, 5.74) is 2.57. The molecular formula is C19H20O3. The summed E-state index contributed by atoms with van der Waals surface area (Å²) in [6, 6.07) is 16.1. The summed E-state index contributed by atoms with van der Waals surface area (Å²) >= 11 is 0. The highest BCUT2D eigenvalue weighted by Crippen LogP contribution is 2.63. The van der Waals surface area contributed by atoms with Crippen molar-refractivity contribution in [1.82, 2.24) is 0 Å². The molecule has 0 aromatic heterocycles. The van der Waals surface area contributed by atoms with Crippen LogP contribution in [0.3, 0.4) is 0 Å². The van der Waals surface area contributed by atoms with Crippen LogP contribution in [0.15, 0.2) is 48.5 Å². The molecule has 0 saturated heterocycles. The molecule has 0 bridgehead atoms. The highest BCUT2D eigenvalue weighted by atomic mass is 16.5. The molecule has 0 aliphatic heterocycles. The number of carbonyl (C=O) groups excluding carboxylic acids is 1. The summed E-state index contributed by atoms with van der Waals surface area (Å²) in [6.07, 6.45) is 0.753. The van der Waals surface area contributed by atoms with Gasteiger partial charge in [0.25, 0.3) is 0 Å². The first kappa shape index (κ1) is 14.6. The minimum atomic E-state index is -0.631. The first-order chi connectivity index (χ1) is 10.6. The van der Waals surface area contributed by atoms with Crippen molar-refractivity contribution < 1.29 is 14.3 Å². The monoisotopic (exact) mass is 296 g/mol. The third-order valence-corrected chi connectivity index (χ3v) is 4.55. The SMILES string of the molecule is COC(=O)[C@]1(c2cc(C)ccc2OC)C[C@H]1c1ccccc1. The Morgan fingerprint density at radius 1 is 1.14 bits per heavy atom. The summed E-state index contributed by atoms with van der Waals surface area (Å²) in [7, 11) is 3.09. The minimum Gasteiger partial charge on any atom is -0.496 e. The van der Waals surface area contributed by atoms with Crippen LogP contribution in [0.1, 0.15) is 29.0 Å². The molecule has 2 aromatic carbocycles. The summed E-state index contributed by atoms with van der Waals surface area (Å²) < 4.78 is 10.6. The summed E-state index contributed by atoms with van der Waals surface area (Å²) in [6.45, 7) is 2.02. The molecule has 0 spiro atoms. The van der Waals surface area contributed by atoms with Gasteiger partial charge in [-0.15, -0.1) is 0 Å². The second-order valence-electron chi connectivity index (χ2n) is 5.83. The van der Waals surface area contributed by atoms with E-state index in [1.807, 2.05) is 43.3 Å². The number of methoxy groups -OCH3 is 2. The molecule has 1 fully saturated rings. The Bertz CT molecular complexity index is 693. The largest absolute Gasteiger partial charge is 0.496 e. The van der Waals surface area contributed by atoms with Crippen LogP contribution in [0.4, 0.5) is 0 Å². The number of aryl methyl sites for hydroxylation is 1. The molecule has 0 amide bonds. The van der Waals surface area contributed by atoms with Gasteiger partial charge in [-0.05, 0) is 25.0 Å². The van der Waals surface area contributed by atoms with E-state index in [9.17, 15) is 4.79 Å². The summed E-state index contributed by atoms with van der Waals surface area (Å²) in [5.74, 6) is 0.691. The predicted octanol–water partition coefficient (Wildman–Crippen LogP) is 3.60. The third-order valence-electron chi connectivity index (χ3n) is 4.55. The van der Waals surface area contributed by atoms with Crippen molar-refractivity contribution in [3.05, 3.63) is 65.2 Å². The fourth-order valence-electron chi connectivity index (χ4n) is 3.34. The first-order valence-corrected chi connectivity index (χ1v) is 7.42. The molecule has 114 valence electrons. The van der Waals surface area contributed by atoms with Crippen molar-refractivity contribution in [3.8, 4) is 5.75 Å². The van der Waals surface area contributed by atoms with Gasteiger partial charge in [0.2, 0.25) is 0 Å². The number of hydrogen-bond acceptors (Lipinski definition) is 3. The summed E-state index contributed by atoms with van der Waals surface area (Å²) in [5, 5.41) is 0. The normalized spacial score (nSPS) is 23.0. The van der Waals surface area contributed by atoms with Crippen molar-refractivity contribution >= 4 is 5.97 Å². The average Bonchev–Trinajstić information content (AvgIpc) is 3.31. The maximum atomic E-state index is 12.6. The lowest BCUT2D eigenvalue weighted by atomic mass is 9.89. The Morgan fingerprint density at radius 3 is 2.50 bits per heavy atom. The van der Waals surface area contributed by atoms with E-state index in [-0.39, 0.29) is 11.9 Å². The lowest BCUT2D eigenvalue weighted by Crippen LogP contribution is -2.25. The van der Waals surface area contributed by atoms with Gasteiger partial charge < -0.3 is 9.47 Å². The molecule has 3 nitrogen and oxygen atoms in total. The van der Waals surface area contributed by atoms with Crippen LogP contribution in [0.25, 0.3) is 0 Å². The van der Waals surface area contributed by atoms with E-state index in [0.717, 1.165) is 28.9 Å². The molecule has 2 atom stereocenters. The Kier molecular flexibility index (Phi) is 3.65. The van der Waals surface area contributed by atoms with Gasteiger partial charge in [-0.1, -0.05) is 48.0 Å². The van der Waals surface area contributed by atoms with Crippen LogP contribution in [-0.4, -0.2) is 20.2 Å². The molecule has 1 aliphatic carbocycles. The van der Waals surface area contributed by atoms with Gasteiger partial charge >= 0.3 is 5.97 Å². The van der Waals surface area contributed by atoms with E-state index in [1.54, 1.807) is 7.11 Å². The van der Waals surface area contributed by atoms with Gasteiger partial charge in [0.05, 0.1) is 14.2 Å². The number of hydrogen-bond donors (Lipinski definition) is 0. The second-order valence-corrected chi connectivity index (χ2v) is 5.83. The smallest absolute Gasteiger partial charge is 0.317 e. The van der Waals surface area contributed by atoms with Gasteiger partial charge in [0.15, 0.2) is 0 Å². The van der Waals surface area contributed by atoms with Gasteiger partial charge in [-0.25, -0.2) is 0 Å². The standard InChI is InChI=1S/C19H20O3/c1-13-9-10-17(21-2)15(11-13)19(18(20)22-3)12-16(19)14-7-5-4-6-8-14/h4-11,16H,12H2,1-3H3/t16-,19-/m0/s1. The van der Waals surface area contributed by atoms with E-state index in [2.05, 4.69) is 12.1 Å². The van der Waals surface area contributed by atoms with Crippen molar-refractivity contribution in [2.24, 2.45) is 0 Å². The number of ether oxygens (including phenoxy) is 2. The quantitative estimate of drug-likeness (QED) is 0.809. The van der Waals surface area contributed by atoms with E-state index in [0.29, 0.717) is 0 Å². The third kappa shape index (κ3) is 2.17. The minimum absolute atomic E-state index is 0.136. The molecule has 1 aliphatic rings. The summed E-state index contributed by atoms with van der Waals surface area (Å²) in [4.78, 5) is 12.6. The molecule has 22 heavy (non-hydrogen) atoms. The van der Waals surface area contributed by atoms with Crippen molar-refractivity contribution in [2.45, 2.75) is 24.7 Å². The second kappa shape index (κ2) is 5.48. The zero-order valence-corrected chi connectivity index (χ0v) is 13.1. The average molecular weight is 296 g/mol. The Hall–Kier alpha value is -2.29. The van der Waals surface area contributed by atoms with Gasteiger partial charge in [-0.2, -0.15) is 0 Å². The Balaban J connectivity index is 2.11. The van der Waals surface area contributed by atoms with Gasteiger partial charge in [0, 0.05) is 11.5 Å². The van der Waals surface area contributed by atoms with Crippen LogP contribution in [0, 0.1) is 6.92 Å². The fourth-order valence-corrected chi connectivity index (χ4v) is 3.34. The van der Waals surface area contributed by atoms with Gasteiger partial charge in [0.1, 0.15) is 11.2 Å². The van der Waals surface area contributed by atoms with Crippen molar-refractivity contribution in [1.29, 1.82) is 0 Å². The first-order valence-electron chi connectivity index (χ1n) is 7.42. The van der Waals surface area contributed by atoms with Crippen LogP contribution in [0.5, 0.6) is 5.75 Å². The van der Waals surface area contributed by atoms with Crippen molar-refractivity contribution in [3.63, 3.8) is 0 Å². The maximum Gasteiger partial charge on any atom is 0.317 e. The number of rotatable bonds is 4. The molecule has 0 unspecified atom stereocenters. The fraction of sp³-hybridized carbons (Fsp3) is 0.316.